The summed E-state index contributed by atoms with van der Waals surface area (Å²) in [5.74, 6) is 0. The Kier molecular flexibility index (Phi) is 1.74. The van der Waals surface area contributed by atoms with Gasteiger partial charge < -0.3 is 5.32 Å². The van der Waals surface area contributed by atoms with Crippen molar-refractivity contribution in [2.45, 2.75) is 0 Å². The van der Waals surface area contributed by atoms with E-state index in [9.17, 15) is 4.79 Å². The largest absolute Gasteiger partial charge is 0.326 e. The molecule has 1 N–H and O–H groups in total. The third-order valence-corrected chi connectivity index (χ3v) is 0.786. The first kappa shape index (κ1) is 5.68. The number of hydrogen-bond acceptors (Lipinski definition) is 3. The van der Waals surface area contributed by atoms with E-state index >= 15 is 0 Å². The summed E-state index contributed by atoms with van der Waals surface area (Å²) in [6, 6.07) is 0. The number of aromatic nitrogens is 2. The van der Waals surface area contributed by atoms with E-state index in [1.54, 1.807) is 0 Å². The average Bonchev–Trinajstić information content (AvgIpc) is 1.91. The van der Waals surface area contributed by atoms with Crippen molar-refractivity contribution in [3.63, 3.8) is 0 Å². The molecular formula is C5H5N3O. The highest BCUT2D eigenvalue weighted by Gasteiger charge is 1.84. The van der Waals surface area contributed by atoms with Gasteiger partial charge in [0.05, 0.1) is 18.1 Å². The van der Waals surface area contributed by atoms with Crippen molar-refractivity contribution in [3.05, 3.63) is 18.7 Å². The van der Waals surface area contributed by atoms with Crippen LogP contribution >= 0.6 is 0 Å². The maximum atomic E-state index is 9.81. The Morgan fingerprint density at radius 1 is 1.44 bits per heavy atom. The zero-order valence-corrected chi connectivity index (χ0v) is 4.61. The summed E-state index contributed by atoms with van der Waals surface area (Å²) in [4.78, 5) is 17.1. The normalized spacial score (nSPS) is 8.44. The molecule has 1 aromatic heterocycles. The predicted octanol–water partition coefficient (Wildman–Crippen LogP) is 0.0449. The first-order valence-corrected chi connectivity index (χ1v) is 2.38. The van der Waals surface area contributed by atoms with E-state index < -0.39 is 0 Å². The molecule has 1 heterocycles. The molecule has 0 aromatic carbocycles. The molecule has 0 aliphatic carbocycles. The number of amides is 1. The minimum Gasteiger partial charge on any atom is -0.326 e. The first-order valence-electron chi connectivity index (χ1n) is 2.38. The van der Waals surface area contributed by atoms with Gasteiger partial charge in [-0.15, -0.1) is 0 Å². The van der Waals surface area contributed by atoms with Crippen molar-refractivity contribution >= 4 is 12.1 Å². The molecule has 0 radical (unpaired) electrons. The quantitative estimate of drug-likeness (QED) is 0.565. The van der Waals surface area contributed by atoms with Crippen LogP contribution in [0.3, 0.4) is 0 Å². The lowest BCUT2D eigenvalue weighted by molar-refractivity contribution is -0.105. The third kappa shape index (κ3) is 1.49. The van der Waals surface area contributed by atoms with E-state index in [1.807, 2.05) is 0 Å². The van der Waals surface area contributed by atoms with Gasteiger partial charge >= 0.3 is 0 Å². The minimum atomic E-state index is 0.582. The fraction of sp³-hybridized carbons (Fsp3) is 0. The van der Waals surface area contributed by atoms with Gasteiger partial charge in [0.25, 0.3) is 0 Å². The highest BCUT2D eigenvalue weighted by Crippen LogP contribution is 1.96. The van der Waals surface area contributed by atoms with Crippen LogP contribution < -0.4 is 5.32 Å². The van der Waals surface area contributed by atoms with Gasteiger partial charge in [0.2, 0.25) is 6.41 Å². The lowest BCUT2D eigenvalue weighted by Gasteiger charge is -1.91. The average molecular weight is 123 g/mol. The molecule has 0 aliphatic rings. The molecule has 0 bridgehead atoms. The van der Waals surface area contributed by atoms with Gasteiger partial charge in [-0.1, -0.05) is 0 Å². The van der Waals surface area contributed by atoms with Crippen molar-refractivity contribution in [2.75, 3.05) is 5.32 Å². The van der Waals surface area contributed by atoms with E-state index in [0.29, 0.717) is 12.1 Å². The fourth-order valence-corrected chi connectivity index (χ4v) is 0.442. The summed E-state index contributed by atoms with van der Waals surface area (Å²) >= 11 is 0. The van der Waals surface area contributed by atoms with Crippen molar-refractivity contribution in [2.24, 2.45) is 0 Å². The molecule has 0 aliphatic heterocycles. The standard InChI is InChI=1S/C5H5N3O/c9-4-8-5-1-6-3-7-2-5/h1-4H,(H,8,9). The van der Waals surface area contributed by atoms with E-state index in [2.05, 4.69) is 15.3 Å². The molecule has 0 atom stereocenters. The van der Waals surface area contributed by atoms with Crippen LogP contribution in [0.1, 0.15) is 0 Å². The van der Waals surface area contributed by atoms with Gasteiger partial charge in [0.15, 0.2) is 0 Å². The molecule has 4 nitrogen and oxygen atoms in total. The van der Waals surface area contributed by atoms with Crippen LogP contribution in [-0.2, 0) is 4.79 Å². The smallest absolute Gasteiger partial charge is 0.211 e. The molecular weight excluding hydrogens is 118 g/mol. The number of anilines is 1. The van der Waals surface area contributed by atoms with Gasteiger partial charge in [-0.05, 0) is 0 Å². The summed E-state index contributed by atoms with van der Waals surface area (Å²) in [5.41, 5.74) is 0.604. The van der Waals surface area contributed by atoms with Gasteiger partial charge in [0, 0.05) is 0 Å². The molecule has 1 aromatic rings. The number of carbonyl (C=O) groups excluding carboxylic acids is 1. The molecule has 1 amide bonds. The highest BCUT2D eigenvalue weighted by molar-refractivity contribution is 5.69. The van der Waals surface area contributed by atoms with Crippen LogP contribution in [0.4, 0.5) is 5.69 Å². The molecule has 9 heavy (non-hydrogen) atoms. The lowest BCUT2D eigenvalue weighted by atomic mass is 10.5. The number of rotatable bonds is 2. The molecule has 4 heteroatoms. The zero-order valence-electron chi connectivity index (χ0n) is 4.61. The second-order valence-electron chi connectivity index (χ2n) is 1.39. The zero-order chi connectivity index (χ0) is 6.53. The van der Waals surface area contributed by atoms with Crippen LogP contribution in [0.2, 0.25) is 0 Å². The molecule has 0 saturated carbocycles. The lowest BCUT2D eigenvalue weighted by Crippen LogP contribution is -1.93. The van der Waals surface area contributed by atoms with Gasteiger partial charge in [-0.2, -0.15) is 0 Å². The second kappa shape index (κ2) is 2.76. The number of hydrogen-bond donors (Lipinski definition) is 1. The second-order valence-corrected chi connectivity index (χ2v) is 1.39. The Hall–Kier alpha value is -1.45. The number of carbonyl (C=O) groups is 1. The van der Waals surface area contributed by atoms with Crippen LogP contribution in [0.5, 0.6) is 0 Å². The SMILES string of the molecule is O=CNc1cncnc1. The minimum absolute atomic E-state index is 0.582. The Labute approximate surface area is 51.9 Å². The van der Waals surface area contributed by atoms with Crippen LogP contribution in [-0.4, -0.2) is 16.4 Å². The van der Waals surface area contributed by atoms with E-state index in [0.717, 1.165) is 0 Å². The summed E-state index contributed by atoms with van der Waals surface area (Å²) < 4.78 is 0. The van der Waals surface area contributed by atoms with Crippen molar-refractivity contribution in [1.29, 1.82) is 0 Å². The van der Waals surface area contributed by atoms with Crippen LogP contribution in [0, 0.1) is 0 Å². The fourth-order valence-electron chi connectivity index (χ4n) is 0.442. The Morgan fingerprint density at radius 2 is 2.11 bits per heavy atom. The molecule has 0 spiro atoms. The molecule has 0 saturated heterocycles. The topological polar surface area (TPSA) is 54.9 Å². The summed E-state index contributed by atoms with van der Waals surface area (Å²) in [5, 5.41) is 2.40. The van der Waals surface area contributed by atoms with E-state index in [4.69, 9.17) is 0 Å². The summed E-state index contributed by atoms with van der Waals surface area (Å²) in [6.45, 7) is 0. The third-order valence-electron chi connectivity index (χ3n) is 0.786. The molecule has 0 fully saturated rings. The predicted molar refractivity (Wildman–Crippen MR) is 31.7 cm³/mol. The monoisotopic (exact) mass is 123 g/mol. The van der Waals surface area contributed by atoms with Crippen molar-refractivity contribution in [3.8, 4) is 0 Å². The van der Waals surface area contributed by atoms with E-state index in [-0.39, 0.29) is 0 Å². The maximum Gasteiger partial charge on any atom is 0.211 e. The number of nitrogens with zero attached hydrogens (tertiary/aromatic N) is 2. The Bertz CT molecular complexity index is 187. The maximum absolute atomic E-state index is 9.81. The Balaban J connectivity index is 2.72. The van der Waals surface area contributed by atoms with Crippen LogP contribution in [0.25, 0.3) is 0 Å². The van der Waals surface area contributed by atoms with Gasteiger partial charge in [0.1, 0.15) is 6.33 Å². The molecule has 1 rings (SSSR count). The highest BCUT2D eigenvalue weighted by atomic mass is 16.1. The summed E-state index contributed by atoms with van der Waals surface area (Å²) in [6.07, 6.45) is 5.01. The van der Waals surface area contributed by atoms with Crippen molar-refractivity contribution in [1.82, 2.24) is 9.97 Å². The van der Waals surface area contributed by atoms with Gasteiger partial charge in [-0.3, -0.25) is 4.79 Å². The van der Waals surface area contributed by atoms with Crippen molar-refractivity contribution < 1.29 is 4.79 Å². The molecule has 46 valence electrons. The molecule has 0 unspecified atom stereocenters. The van der Waals surface area contributed by atoms with E-state index in [1.165, 1.54) is 18.7 Å². The number of nitrogens with one attached hydrogen (secondary N) is 1. The van der Waals surface area contributed by atoms with Gasteiger partial charge in [-0.25, -0.2) is 9.97 Å². The first-order chi connectivity index (χ1) is 4.43. The Morgan fingerprint density at radius 3 is 2.67 bits per heavy atom. The summed E-state index contributed by atoms with van der Waals surface area (Å²) in [7, 11) is 0. The van der Waals surface area contributed by atoms with Crippen LogP contribution in [0.15, 0.2) is 18.7 Å².